The van der Waals surface area contributed by atoms with Crippen LogP contribution in [0.2, 0.25) is 0 Å². The second kappa shape index (κ2) is 6.83. The lowest BCUT2D eigenvalue weighted by atomic mass is 10.0. The molecule has 1 saturated heterocycles. The molecule has 0 bridgehead atoms. The fraction of sp³-hybridized carbons (Fsp3) is 0.316. The molecule has 5 heteroatoms. The molecule has 0 spiro atoms. The zero-order valence-corrected chi connectivity index (χ0v) is 13.9. The number of nitrogens with one attached hydrogen (secondary N) is 1. The molecule has 2 heterocycles. The smallest absolute Gasteiger partial charge is 0.229 e. The minimum Gasteiger partial charge on any atom is -0.326 e. The van der Waals surface area contributed by atoms with Gasteiger partial charge in [-0.2, -0.15) is 0 Å². The Balaban J connectivity index is 1.71. The van der Waals surface area contributed by atoms with Gasteiger partial charge in [-0.05, 0) is 35.7 Å². The van der Waals surface area contributed by atoms with E-state index in [0.29, 0.717) is 18.2 Å². The van der Waals surface area contributed by atoms with Crippen LogP contribution in [0, 0.1) is 5.92 Å². The van der Waals surface area contributed by atoms with Gasteiger partial charge in [0.1, 0.15) is 0 Å². The summed E-state index contributed by atoms with van der Waals surface area (Å²) in [6, 6.07) is 11.4. The number of hydrogen-bond donors (Lipinski definition) is 1. The summed E-state index contributed by atoms with van der Waals surface area (Å²) in [5.74, 6) is -0.0790. The fourth-order valence-corrected chi connectivity index (χ4v) is 2.86. The van der Waals surface area contributed by atoms with Gasteiger partial charge < -0.3 is 10.2 Å². The molecule has 1 aliphatic heterocycles. The summed E-state index contributed by atoms with van der Waals surface area (Å²) < 4.78 is 0. The highest BCUT2D eigenvalue weighted by Gasteiger charge is 2.35. The predicted octanol–water partition coefficient (Wildman–Crippen LogP) is 3.20. The number of benzene rings is 1. The van der Waals surface area contributed by atoms with Crippen LogP contribution in [0.5, 0.6) is 0 Å². The number of amides is 2. The predicted molar refractivity (Wildman–Crippen MR) is 93.9 cm³/mol. The molecule has 1 N–H and O–H groups in total. The lowest BCUT2D eigenvalue weighted by molar-refractivity contribution is -0.122. The first-order chi connectivity index (χ1) is 11.5. The van der Waals surface area contributed by atoms with Crippen molar-refractivity contribution < 1.29 is 9.59 Å². The molecule has 0 unspecified atom stereocenters. The van der Waals surface area contributed by atoms with Crippen LogP contribution >= 0.6 is 0 Å². The van der Waals surface area contributed by atoms with Gasteiger partial charge in [-0.25, -0.2) is 0 Å². The number of hydrogen-bond acceptors (Lipinski definition) is 3. The molecule has 1 aromatic heterocycles. The zero-order chi connectivity index (χ0) is 17.1. The Morgan fingerprint density at radius 3 is 2.71 bits per heavy atom. The molecule has 5 nitrogen and oxygen atoms in total. The largest absolute Gasteiger partial charge is 0.326 e. The van der Waals surface area contributed by atoms with Crippen LogP contribution in [0.3, 0.4) is 0 Å². The maximum absolute atomic E-state index is 12.4. The van der Waals surface area contributed by atoms with Crippen molar-refractivity contribution in [2.75, 3.05) is 16.8 Å². The molecule has 2 aromatic rings. The second-order valence-electron chi connectivity index (χ2n) is 6.38. The van der Waals surface area contributed by atoms with E-state index in [-0.39, 0.29) is 24.2 Å². The first kappa shape index (κ1) is 16.2. The average Bonchev–Trinajstić information content (AvgIpc) is 2.98. The molecule has 1 atom stereocenters. The second-order valence-corrected chi connectivity index (χ2v) is 6.38. The molecule has 24 heavy (non-hydrogen) atoms. The molecule has 1 aromatic carbocycles. The van der Waals surface area contributed by atoms with Crippen molar-refractivity contribution in [1.29, 1.82) is 0 Å². The maximum Gasteiger partial charge on any atom is 0.229 e. The van der Waals surface area contributed by atoms with Gasteiger partial charge in [-0.15, -0.1) is 0 Å². The summed E-state index contributed by atoms with van der Waals surface area (Å²) in [6.07, 6.45) is 3.49. The first-order valence-corrected chi connectivity index (χ1v) is 8.16. The molecule has 0 saturated carbocycles. The van der Waals surface area contributed by atoms with Gasteiger partial charge in [-0.1, -0.05) is 26.0 Å². The van der Waals surface area contributed by atoms with Crippen LogP contribution in [0.25, 0.3) is 0 Å². The third kappa shape index (κ3) is 3.45. The minimum atomic E-state index is -0.339. The van der Waals surface area contributed by atoms with Crippen molar-refractivity contribution in [3.63, 3.8) is 0 Å². The average molecular weight is 323 g/mol. The maximum atomic E-state index is 12.4. The summed E-state index contributed by atoms with van der Waals surface area (Å²) in [5.41, 5.74) is 2.75. The van der Waals surface area contributed by atoms with E-state index in [0.717, 1.165) is 5.69 Å². The number of rotatable bonds is 4. The third-order valence-electron chi connectivity index (χ3n) is 4.29. The lowest BCUT2D eigenvalue weighted by Gasteiger charge is -2.18. The highest BCUT2D eigenvalue weighted by molar-refractivity contribution is 6.03. The highest BCUT2D eigenvalue weighted by atomic mass is 16.2. The summed E-state index contributed by atoms with van der Waals surface area (Å²) in [6.45, 7) is 4.66. The van der Waals surface area contributed by atoms with Gasteiger partial charge in [0.05, 0.1) is 5.92 Å². The van der Waals surface area contributed by atoms with E-state index in [4.69, 9.17) is 0 Å². The number of carbonyl (C=O) groups is 2. The van der Waals surface area contributed by atoms with Crippen LogP contribution in [-0.4, -0.2) is 23.3 Å². The Bertz CT molecular complexity index is 743. The minimum absolute atomic E-state index is 0.00853. The Hall–Kier alpha value is -2.69. The van der Waals surface area contributed by atoms with E-state index < -0.39 is 0 Å². The van der Waals surface area contributed by atoms with Crippen molar-refractivity contribution in [3.05, 3.63) is 54.4 Å². The molecule has 2 amide bonds. The normalized spacial score (nSPS) is 17.4. The van der Waals surface area contributed by atoms with Gasteiger partial charge >= 0.3 is 0 Å². The number of pyridine rings is 1. The van der Waals surface area contributed by atoms with Crippen LogP contribution in [0.4, 0.5) is 11.4 Å². The molecule has 1 fully saturated rings. The van der Waals surface area contributed by atoms with Gasteiger partial charge in [0.15, 0.2) is 0 Å². The van der Waals surface area contributed by atoms with Crippen LogP contribution < -0.4 is 10.2 Å². The number of aromatic nitrogens is 1. The van der Waals surface area contributed by atoms with Gasteiger partial charge in [-0.3, -0.25) is 14.6 Å². The molecule has 0 radical (unpaired) electrons. The van der Waals surface area contributed by atoms with Crippen molar-refractivity contribution in [1.82, 2.24) is 4.98 Å². The van der Waals surface area contributed by atoms with E-state index >= 15 is 0 Å². The molecule has 0 aliphatic carbocycles. The summed E-state index contributed by atoms with van der Waals surface area (Å²) in [7, 11) is 0. The van der Waals surface area contributed by atoms with Crippen LogP contribution in [-0.2, 0) is 9.59 Å². The molecule has 1 aliphatic rings. The van der Waals surface area contributed by atoms with E-state index in [9.17, 15) is 9.59 Å². The zero-order valence-electron chi connectivity index (χ0n) is 13.9. The van der Waals surface area contributed by atoms with Crippen molar-refractivity contribution in [2.24, 2.45) is 5.92 Å². The summed E-state index contributed by atoms with van der Waals surface area (Å²) in [5, 5.41) is 2.85. The molecule has 124 valence electrons. The number of nitrogens with zero attached hydrogens (tertiary/aromatic N) is 2. The standard InChI is InChI=1S/C19H21N3O2/c1-13(2)14-4-3-5-17(10-14)22-12-15(11-18(22)23)19(24)21-16-6-8-20-9-7-16/h3-10,13,15H,11-12H2,1-2H3,(H,20,21,24)/t15-/m0/s1. The molecular formula is C19H21N3O2. The van der Waals surface area contributed by atoms with Gasteiger partial charge in [0.2, 0.25) is 11.8 Å². The summed E-state index contributed by atoms with van der Waals surface area (Å²) >= 11 is 0. The number of carbonyl (C=O) groups excluding carboxylic acids is 2. The monoisotopic (exact) mass is 323 g/mol. The Morgan fingerprint density at radius 2 is 2.00 bits per heavy atom. The quantitative estimate of drug-likeness (QED) is 0.940. The number of anilines is 2. The van der Waals surface area contributed by atoms with E-state index in [2.05, 4.69) is 30.2 Å². The van der Waals surface area contributed by atoms with E-state index in [1.54, 1.807) is 29.4 Å². The van der Waals surface area contributed by atoms with Crippen molar-refractivity contribution in [3.8, 4) is 0 Å². The lowest BCUT2D eigenvalue weighted by Crippen LogP contribution is -2.28. The Kier molecular flexibility index (Phi) is 4.60. The molecular weight excluding hydrogens is 302 g/mol. The van der Waals surface area contributed by atoms with Crippen LogP contribution in [0.1, 0.15) is 31.7 Å². The molecule has 3 rings (SSSR count). The van der Waals surface area contributed by atoms with Crippen LogP contribution in [0.15, 0.2) is 48.8 Å². The fourth-order valence-electron chi connectivity index (χ4n) is 2.86. The summed E-state index contributed by atoms with van der Waals surface area (Å²) in [4.78, 5) is 30.4. The topological polar surface area (TPSA) is 62.3 Å². The van der Waals surface area contributed by atoms with E-state index in [1.165, 1.54) is 5.56 Å². The first-order valence-electron chi connectivity index (χ1n) is 8.16. The van der Waals surface area contributed by atoms with Crippen molar-refractivity contribution in [2.45, 2.75) is 26.2 Å². The van der Waals surface area contributed by atoms with Crippen molar-refractivity contribution >= 4 is 23.2 Å². The van der Waals surface area contributed by atoms with Gasteiger partial charge in [0.25, 0.3) is 0 Å². The SMILES string of the molecule is CC(C)c1cccc(N2C[C@@H](C(=O)Nc3ccncc3)CC2=O)c1. The Morgan fingerprint density at radius 1 is 1.25 bits per heavy atom. The highest BCUT2D eigenvalue weighted by Crippen LogP contribution is 2.28. The van der Waals surface area contributed by atoms with E-state index in [1.807, 2.05) is 18.2 Å². The Labute approximate surface area is 141 Å². The third-order valence-corrected chi connectivity index (χ3v) is 4.29. The van der Waals surface area contributed by atoms with Gasteiger partial charge in [0, 0.05) is 36.7 Å².